The van der Waals surface area contributed by atoms with Crippen LogP contribution >= 0.6 is 0 Å². The smallest absolute Gasteiger partial charge is 0.407 e. The number of likely N-dealkylation sites (tertiary alicyclic amines) is 1. The molecule has 2 unspecified atom stereocenters. The van der Waals surface area contributed by atoms with Gasteiger partial charge in [0.2, 0.25) is 0 Å². The second kappa shape index (κ2) is 9.61. The zero-order valence-electron chi connectivity index (χ0n) is 15.4. The molecule has 2 aromatic carbocycles. The molecule has 0 aliphatic carbocycles. The van der Waals surface area contributed by atoms with Crippen molar-refractivity contribution in [2.45, 2.75) is 31.9 Å². The van der Waals surface area contributed by atoms with Gasteiger partial charge in [0.05, 0.1) is 11.0 Å². The molecule has 1 aliphatic rings. The molecule has 1 amide bonds. The molecule has 1 fully saturated rings. The number of piperidine rings is 1. The van der Waals surface area contributed by atoms with Gasteiger partial charge >= 0.3 is 6.09 Å². The third-order valence-electron chi connectivity index (χ3n) is 4.48. The van der Waals surface area contributed by atoms with E-state index in [9.17, 15) is 19.7 Å². The van der Waals surface area contributed by atoms with Gasteiger partial charge < -0.3 is 15.1 Å². The Labute approximate surface area is 162 Å². The third kappa shape index (κ3) is 5.37. The lowest BCUT2D eigenvalue weighted by molar-refractivity contribution is -0.385. The predicted octanol–water partition coefficient (Wildman–Crippen LogP) is 3.34. The first kappa shape index (κ1) is 21.0. The predicted molar refractivity (Wildman–Crippen MR) is 102 cm³/mol. The van der Waals surface area contributed by atoms with Gasteiger partial charge in [-0.1, -0.05) is 42.5 Å². The number of aliphatic hydroxyl groups is 1. The topological polar surface area (TPSA) is 121 Å². The first-order valence-electron chi connectivity index (χ1n) is 8.82. The lowest BCUT2D eigenvalue weighted by Gasteiger charge is -2.33. The molecule has 0 aromatic heterocycles. The van der Waals surface area contributed by atoms with Crippen LogP contribution < -0.4 is 0 Å². The van der Waals surface area contributed by atoms with Crippen LogP contribution in [0.1, 0.15) is 35.7 Å². The first-order valence-corrected chi connectivity index (χ1v) is 8.82. The van der Waals surface area contributed by atoms with Crippen molar-refractivity contribution in [1.29, 1.82) is 0 Å². The summed E-state index contributed by atoms with van der Waals surface area (Å²) in [5.41, 5.74) is 0.395. The molecule has 2 atom stereocenters. The van der Waals surface area contributed by atoms with Crippen molar-refractivity contribution in [3.8, 4) is 0 Å². The fourth-order valence-corrected chi connectivity index (χ4v) is 3.00. The minimum atomic E-state index is -0.885. The quantitative estimate of drug-likeness (QED) is 0.474. The summed E-state index contributed by atoms with van der Waals surface area (Å²) in [6.07, 6.45) is -0.0758. The zero-order chi connectivity index (χ0) is 20.7. The number of amides is 1. The summed E-state index contributed by atoms with van der Waals surface area (Å²) >= 11 is 0. The fourth-order valence-electron chi connectivity index (χ4n) is 3.00. The van der Waals surface area contributed by atoms with E-state index < -0.39 is 11.0 Å². The van der Waals surface area contributed by atoms with E-state index in [0.717, 1.165) is 0 Å². The number of aliphatic hydroxyl groups excluding tert-OH is 1. The Morgan fingerprint density at radius 2 is 1.71 bits per heavy atom. The van der Waals surface area contributed by atoms with Crippen LogP contribution in [0.25, 0.3) is 0 Å². The van der Waals surface area contributed by atoms with Crippen molar-refractivity contribution in [1.82, 2.24) is 4.90 Å². The van der Waals surface area contributed by atoms with E-state index in [1.807, 2.05) is 6.92 Å². The highest BCUT2D eigenvalue weighted by Gasteiger charge is 2.27. The minimum absolute atomic E-state index is 0.0451. The van der Waals surface area contributed by atoms with Gasteiger partial charge in [-0.25, -0.2) is 4.79 Å². The molecule has 0 saturated carbocycles. The summed E-state index contributed by atoms with van der Waals surface area (Å²) in [4.78, 5) is 34.2. The van der Waals surface area contributed by atoms with Crippen LogP contribution in [0.5, 0.6) is 0 Å². The van der Waals surface area contributed by atoms with Crippen molar-refractivity contribution in [2.24, 2.45) is 0 Å². The van der Waals surface area contributed by atoms with Crippen LogP contribution in [0.3, 0.4) is 0 Å². The average molecular weight is 386 g/mol. The SMILES string of the molecule is CC1CC(O)CCN1C(=O)O.O=C(c1ccccc1)c1ccccc1[N+](=O)[O-]. The molecule has 0 bridgehead atoms. The standard InChI is InChI=1S/C13H9NO3.C7H13NO3/c15-13(10-6-2-1-3-7-10)11-8-4-5-9-12(11)14(16)17;1-5-4-6(9)2-3-8(5)7(10)11/h1-9H;5-6,9H,2-4H2,1H3,(H,10,11). The van der Waals surface area contributed by atoms with E-state index in [2.05, 4.69) is 0 Å². The number of para-hydroxylation sites is 1. The first-order chi connectivity index (χ1) is 13.3. The largest absolute Gasteiger partial charge is 0.465 e. The Morgan fingerprint density at radius 3 is 2.29 bits per heavy atom. The van der Waals surface area contributed by atoms with E-state index in [1.54, 1.807) is 42.5 Å². The summed E-state index contributed by atoms with van der Waals surface area (Å²) in [6.45, 7) is 2.27. The summed E-state index contributed by atoms with van der Waals surface area (Å²) in [6, 6.07) is 14.4. The summed E-state index contributed by atoms with van der Waals surface area (Å²) in [5.74, 6) is -0.335. The Bertz CT molecular complexity index is 840. The molecule has 8 nitrogen and oxygen atoms in total. The Kier molecular flexibility index (Phi) is 7.22. The van der Waals surface area contributed by atoms with Crippen LogP contribution in [-0.4, -0.2) is 50.6 Å². The van der Waals surface area contributed by atoms with Gasteiger partial charge in [-0.3, -0.25) is 14.9 Å². The maximum absolute atomic E-state index is 12.1. The molecule has 0 spiro atoms. The Hall–Kier alpha value is -3.26. The second-order valence-electron chi connectivity index (χ2n) is 6.47. The lowest BCUT2D eigenvalue weighted by atomic mass is 10.0. The number of hydrogen-bond acceptors (Lipinski definition) is 5. The Morgan fingerprint density at radius 1 is 1.11 bits per heavy atom. The number of nitrogens with zero attached hydrogens (tertiary/aromatic N) is 2. The van der Waals surface area contributed by atoms with Crippen LogP contribution in [0.2, 0.25) is 0 Å². The number of nitro benzene ring substituents is 1. The van der Waals surface area contributed by atoms with Gasteiger partial charge in [0.1, 0.15) is 5.56 Å². The number of ketones is 1. The molecule has 0 radical (unpaired) electrons. The van der Waals surface area contributed by atoms with E-state index >= 15 is 0 Å². The van der Waals surface area contributed by atoms with Gasteiger partial charge in [-0.05, 0) is 25.8 Å². The molecule has 1 aliphatic heterocycles. The Balaban J connectivity index is 0.000000221. The molecule has 2 aromatic rings. The van der Waals surface area contributed by atoms with Crippen molar-refractivity contribution >= 4 is 17.6 Å². The molecule has 8 heteroatoms. The van der Waals surface area contributed by atoms with Gasteiger partial charge in [-0.2, -0.15) is 0 Å². The van der Waals surface area contributed by atoms with Crippen molar-refractivity contribution in [3.63, 3.8) is 0 Å². The second-order valence-corrected chi connectivity index (χ2v) is 6.47. The fraction of sp³-hybridized carbons (Fsp3) is 0.300. The molecule has 148 valence electrons. The monoisotopic (exact) mass is 386 g/mol. The molecule has 28 heavy (non-hydrogen) atoms. The molecule has 1 heterocycles. The van der Waals surface area contributed by atoms with Crippen LogP contribution in [0, 0.1) is 10.1 Å². The maximum Gasteiger partial charge on any atom is 0.407 e. The molecular formula is C20H22N2O6. The number of benzene rings is 2. The number of nitro groups is 1. The highest BCUT2D eigenvalue weighted by atomic mass is 16.6. The molecular weight excluding hydrogens is 364 g/mol. The van der Waals surface area contributed by atoms with Gasteiger partial charge in [0, 0.05) is 24.2 Å². The lowest BCUT2D eigenvalue weighted by Crippen LogP contribution is -2.45. The van der Waals surface area contributed by atoms with E-state index in [1.165, 1.54) is 17.0 Å². The third-order valence-corrected chi connectivity index (χ3v) is 4.48. The van der Waals surface area contributed by atoms with Crippen molar-refractivity contribution in [3.05, 3.63) is 75.8 Å². The molecule has 3 rings (SSSR count). The molecule has 1 saturated heterocycles. The zero-order valence-corrected chi connectivity index (χ0v) is 15.4. The summed E-state index contributed by atoms with van der Waals surface area (Å²) < 4.78 is 0. The van der Waals surface area contributed by atoms with Crippen molar-refractivity contribution in [2.75, 3.05) is 6.54 Å². The van der Waals surface area contributed by atoms with Gasteiger partial charge in [-0.15, -0.1) is 0 Å². The van der Waals surface area contributed by atoms with Crippen LogP contribution in [0.4, 0.5) is 10.5 Å². The number of rotatable bonds is 3. The summed E-state index contributed by atoms with van der Waals surface area (Å²) in [7, 11) is 0. The number of carbonyl (C=O) groups excluding carboxylic acids is 1. The highest BCUT2D eigenvalue weighted by Crippen LogP contribution is 2.21. The maximum atomic E-state index is 12.1. The van der Waals surface area contributed by atoms with E-state index in [0.29, 0.717) is 24.9 Å². The van der Waals surface area contributed by atoms with Gasteiger partial charge in [0.25, 0.3) is 5.69 Å². The number of carbonyl (C=O) groups is 2. The normalized spacial score (nSPS) is 18.6. The number of hydrogen-bond donors (Lipinski definition) is 2. The molecule has 2 N–H and O–H groups in total. The highest BCUT2D eigenvalue weighted by molar-refractivity contribution is 6.11. The number of carboxylic acid groups (broad SMARTS) is 1. The summed E-state index contributed by atoms with van der Waals surface area (Å²) in [5, 5.41) is 28.6. The average Bonchev–Trinajstić information content (AvgIpc) is 2.68. The van der Waals surface area contributed by atoms with E-state index in [-0.39, 0.29) is 29.2 Å². The van der Waals surface area contributed by atoms with E-state index in [4.69, 9.17) is 10.2 Å². The van der Waals surface area contributed by atoms with Crippen LogP contribution in [0.15, 0.2) is 54.6 Å². The van der Waals surface area contributed by atoms with Crippen molar-refractivity contribution < 1.29 is 24.7 Å². The van der Waals surface area contributed by atoms with Crippen LogP contribution in [-0.2, 0) is 0 Å². The van der Waals surface area contributed by atoms with Gasteiger partial charge in [0.15, 0.2) is 5.78 Å². The minimum Gasteiger partial charge on any atom is -0.465 e.